The number of likely N-dealkylation sites (tertiary alicyclic amines) is 2. The van der Waals surface area contributed by atoms with Crippen LogP contribution < -0.4 is 10.6 Å². The van der Waals surface area contributed by atoms with Gasteiger partial charge in [-0.25, -0.2) is 9.97 Å². The number of ketones is 1. The highest BCUT2D eigenvalue weighted by Crippen LogP contribution is 2.31. The number of thiazole rings is 1. The number of aromatic nitrogens is 4. The van der Waals surface area contributed by atoms with E-state index in [1.54, 1.807) is 22.2 Å². The van der Waals surface area contributed by atoms with Gasteiger partial charge >= 0.3 is 0 Å². The van der Waals surface area contributed by atoms with Gasteiger partial charge in [0.25, 0.3) is 0 Å². The molecule has 5 heterocycles. The number of aliphatic hydroxyl groups excluding tert-OH is 1. The van der Waals surface area contributed by atoms with E-state index < -0.39 is 30.6 Å². The topological polar surface area (TPSA) is 182 Å². The summed E-state index contributed by atoms with van der Waals surface area (Å²) in [5.41, 5.74) is 1.20. The number of aromatic amines is 1. The molecule has 2 saturated heterocycles. The van der Waals surface area contributed by atoms with E-state index in [0.717, 1.165) is 24.1 Å². The molecule has 0 aromatic carbocycles. The number of rotatable bonds is 11. The Kier molecular flexibility index (Phi) is 11.2. The molecule has 0 spiro atoms. The summed E-state index contributed by atoms with van der Waals surface area (Å²) in [6, 6.07) is -2.23. The average molecular weight is 693 g/mol. The summed E-state index contributed by atoms with van der Waals surface area (Å²) in [5.74, 6) is 5.22. The second kappa shape index (κ2) is 15.3. The van der Waals surface area contributed by atoms with Crippen LogP contribution >= 0.6 is 11.3 Å². The van der Waals surface area contributed by atoms with Gasteiger partial charge in [0.05, 0.1) is 35.3 Å². The Hall–Kier alpha value is -4.55. The Bertz CT molecular complexity index is 1750. The van der Waals surface area contributed by atoms with Crippen LogP contribution in [0.2, 0.25) is 0 Å². The third-order valence-corrected chi connectivity index (χ3v) is 9.83. The highest BCUT2D eigenvalue weighted by molar-refractivity contribution is 7.17. The number of hydrogen-bond donors (Lipinski definition) is 4. The molecule has 4 atom stereocenters. The van der Waals surface area contributed by atoms with Crippen molar-refractivity contribution >= 4 is 45.7 Å². The SMILES string of the molecule is CC(=O)N[C@H](C(=O)N1CCC[C@H]1C(=O)Cc1cn2cc(C#Cc3cnc([C@@H]4CCCN4C(=O)[C@@H](NC(=O)CO)C(C)C)[nH]3)sc2n1)C(C)C. The van der Waals surface area contributed by atoms with E-state index in [2.05, 4.69) is 37.4 Å². The van der Waals surface area contributed by atoms with Crippen LogP contribution in [0.4, 0.5) is 0 Å². The number of nitrogens with zero attached hydrogens (tertiary/aromatic N) is 5. The average Bonchev–Trinajstić information content (AvgIpc) is 3.88. The molecule has 4 N–H and O–H groups in total. The van der Waals surface area contributed by atoms with Crippen molar-refractivity contribution in [3.05, 3.63) is 40.7 Å². The first-order chi connectivity index (χ1) is 23.4. The molecule has 3 aromatic heterocycles. The van der Waals surface area contributed by atoms with Crippen molar-refractivity contribution in [3.63, 3.8) is 0 Å². The molecular formula is C34H44N8O6S. The molecule has 0 aliphatic carbocycles. The number of amides is 4. The standard InChI is InChI=1S/C34H44N8O6S/c1-19(2)29(36-21(5)44)32(47)41-12-6-8-25(41)27(45)14-23-16-40-17-24(49-34(40)38-23)11-10-22-15-35-31(37-22)26-9-7-13-42(26)33(48)30(20(3)4)39-28(46)18-43/h15-17,19-20,25-26,29-30,43H,6-9,12-14,18H2,1-5H3,(H,35,37)(H,36,44)(H,39,46)/t25-,26-,29-,30-/m0/s1. The Morgan fingerprint density at radius 1 is 0.980 bits per heavy atom. The predicted octanol–water partition coefficient (Wildman–Crippen LogP) is 1.58. The second-order valence-electron chi connectivity index (χ2n) is 13.3. The van der Waals surface area contributed by atoms with Crippen LogP contribution in [0.15, 0.2) is 18.6 Å². The number of H-pyrrole nitrogens is 1. The number of carbonyl (C=O) groups excluding carboxylic acids is 5. The van der Waals surface area contributed by atoms with Gasteiger partial charge in [-0.2, -0.15) is 0 Å². The van der Waals surface area contributed by atoms with Gasteiger partial charge in [-0.3, -0.25) is 28.4 Å². The third-order valence-electron chi connectivity index (χ3n) is 8.92. The first kappa shape index (κ1) is 35.7. The Morgan fingerprint density at radius 3 is 2.33 bits per heavy atom. The third kappa shape index (κ3) is 8.19. The van der Waals surface area contributed by atoms with E-state index in [0.29, 0.717) is 41.7 Å². The lowest BCUT2D eigenvalue weighted by Crippen LogP contribution is -2.53. The molecule has 0 unspecified atom stereocenters. The number of aliphatic hydroxyl groups is 1. The predicted molar refractivity (Wildman–Crippen MR) is 181 cm³/mol. The molecule has 2 aliphatic heterocycles. The summed E-state index contributed by atoms with van der Waals surface area (Å²) in [7, 11) is 0. The first-order valence-electron chi connectivity index (χ1n) is 16.7. The molecule has 262 valence electrons. The summed E-state index contributed by atoms with van der Waals surface area (Å²) in [6.45, 7) is 9.17. The summed E-state index contributed by atoms with van der Waals surface area (Å²) in [5, 5.41) is 14.5. The fraction of sp³-hybridized carbons (Fsp3) is 0.559. The first-order valence-corrected chi connectivity index (χ1v) is 17.5. The Balaban J connectivity index is 1.22. The number of imidazole rings is 2. The molecule has 3 aromatic rings. The van der Waals surface area contributed by atoms with E-state index in [4.69, 9.17) is 5.11 Å². The van der Waals surface area contributed by atoms with E-state index >= 15 is 0 Å². The van der Waals surface area contributed by atoms with Gasteiger partial charge in [0, 0.05) is 32.4 Å². The van der Waals surface area contributed by atoms with Crippen LogP contribution in [0.1, 0.15) is 88.4 Å². The number of nitrogens with one attached hydrogen (secondary N) is 3. The number of hydrogen-bond acceptors (Lipinski definition) is 9. The van der Waals surface area contributed by atoms with Gasteiger partial charge < -0.3 is 30.5 Å². The second-order valence-corrected chi connectivity index (χ2v) is 14.4. The monoisotopic (exact) mass is 692 g/mol. The normalized spacial score (nSPS) is 18.9. The minimum atomic E-state index is -0.744. The van der Waals surface area contributed by atoms with Gasteiger partial charge in [-0.1, -0.05) is 39.0 Å². The maximum absolute atomic E-state index is 13.4. The van der Waals surface area contributed by atoms with Crippen LogP contribution in [0.25, 0.3) is 4.96 Å². The van der Waals surface area contributed by atoms with Crippen molar-refractivity contribution in [1.82, 2.24) is 39.8 Å². The van der Waals surface area contributed by atoms with Crippen molar-refractivity contribution in [1.29, 1.82) is 0 Å². The maximum atomic E-state index is 13.4. The molecule has 4 amide bonds. The Morgan fingerprint density at radius 2 is 1.65 bits per heavy atom. The summed E-state index contributed by atoms with van der Waals surface area (Å²) in [6.07, 6.45) is 8.22. The fourth-order valence-electron chi connectivity index (χ4n) is 6.48. The molecule has 15 heteroatoms. The molecule has 14 nitrogen and oxygen atoms in total. The summed E-state index contributed by atoms with van der Waals surface area (Å²) < 4.78 is 1.83. The summed E-state index contributed by atoms with van der Waals surface area (Å²) >= 11 is 1.39. The van der Waals surface area contributed by atoms with Crippen molar-refractivity contribution in [3.8, 4) is 11.8 Å². The number of carbonyl (C=O) groups is 5. The van der Waals surface area contributed by atoms with Gasteiger partial charge in [0.1, 0.15) is 30.2 Å². The minimum absolute atomic E-state index is 0.0748. The van der Waals surface area contributed by atoms with Crippen LogP contribution in [-0.4, -0.2) is 101 Å². The highest BCUT2D eigenvalue weighted by atomic mass is 32.1. The molecular weight excluding hydrogens is 648 g/mol. The lowest BCUT2D eigenvalue weighted by molar-refractivity contribution is -0.141. The summed E-state index contributed by atoms with van der Waals surface area (Å²) in [4.78, 5) is 80.7. The van der Waals surface area contributed by atoms with Gasteiger partial charge in [0.2, 0.25) is 23.6 Å². The number of Topliss-reactive ketones (excluding diaryl/α,β-unsaturated/α-hetero) is 1. The smallest absolute Gasteiger partial charge is 0.246 e. The van der Waals surface area contributed by atoms with Crippen LogP contribution in [0.5, 0.6) is 0 Å². The lowest BCUT2D eigenvalue weighted by atomic mass is 10.0. The minimum Gasteiger partial charge on any atom is -0.387 e. The molecule has 2 aliphatic rings. The maximum Gasteiger partial charge on any atom is 0.246 e. The molecule has 2 fully saturated rings. The quantitative estimate of drug-likeness (QED) is 0.219. The zero-order valence-corrected chi connectivity index (χ0v) is 29.3. The molecule has 0 saturated carbocycles. The van der Waals surface area contributed by atoms with Crippen molar-refractivity contribution in [2.45, 2.75) is 90.9 Å². The van der Waals surface area contributed by atoms with E-state index in [9.17, 15) is 24.0 Å². The van der Waals surface area contributed by atoms with Crippen molar-refractivity contribution < 1.29 is 29.1 Å². The zero-order chi connectivity index (χ0) is 35.4. The largest absolute Gasteiger partial charge is 0.387 e. The van der Waals surface area contributed by atoms with Crippen molar-refractivity contribution in [2.75, 3.05) is 19.7 Å². The fourth-order valence-corrected chi connectivity index (χ4v) is 7.32. The van der Waals surface area contributed by atoms with E-state index in [-0.39, 0.29) is 47.8 Å². The van der Waals surface area contributed by atoms with Crippen LogP contribution in [-0.2, 0) is 30.4 Å². The van der Waals surface area contributed by atoms with Crippen LogP contribution in [0.3, 0.4) is 0 Å². The lowest BCUT2D eigenvalue weighted by Gasteiger charge is -2.30. The molecule has 49 heavy (non-hydrogen) atoms. The van der Waals surface area contributed by atoms with Crippen molar-refractivity contribution in [2.24, 2.45) is 11.8 Å². The number of fused-ring (bicyclic) bond motifs is 1. The van der Waals surface area contributed by atoms with E-state index in [1.807, 2.05) is 38.3 Å². The van der Waals surface area contributed by atoms with Gasteiger partial charge in [-0.05, 0) is 49.4 Å². The van der Waals surface area contributed by atoms with Gasteiger partial charge in [0.15, 0.2) is 10.7 Å². The van der Waals surface area contributed by atoms with Crippen LogP contribution in [0, 0.1) is 23.7 Å². The molecule has 0 bridgehead atoms. The van der Waals surface area contributed by atoms with E-state index in [1.165, 1.54) is 18.3 Å². The molecule has 5 rings (SSSR count). The zero-order valence-electron chi connectivity index (χ0n) is 28.5. The highest BCUT2D eigenvalue weighted by Gasteiger charge is 2.39. The Labute approximate surface area is 289 Å². The molecule has 0 radical (unpaired) electrons. The van der Waals surface area contributed by atoms with Gasteiger partial charge in [-0.15, -0.1) is 0 Å².